The molecule has 0 aliphatic heterocycles. The molecule has 1 aromatic rings. The van der Waals surface area contributed by atoms with Crippen molar-refractivity contribution in [2.45, 2.75) is 25.1 Å². The molecule has 1 heterocycles. The van der Waals surface area contributed by atoms with E-state index in [4.69, 9.17) is 0 Å². The van der Waals surface area contributed by atoms with E-state index in [1.807, 2.05) is 28.9 Å². The minimum absolute atomic E-state index is 0. The van der Waals surface area contributed by atoms with Gasteiger partial charge in [-0.05, 0) is 20.1 Å². The highest BCUT2D eigenvalue weighted by molar-refractivity contribution is 14.0. The zero-order chi connectivity index (χ0) is 13.4. The molecule has 0 unspecified atom stereocenters. The van der Waals surface area contributed by atoms with Gasteiger partial charge in [0.05, 0.1) is 6.33 Å². The van der Waals surface area contributed by atoms with E-state index >= 15 is 0 Å². The van der Waals surface area contributed by atoms with Gasteiger partial charge in [-0.25, -0.2) is 4.98 Å². The lowest BCUT2D eigenvalue weighted by Gasteiger charge is -2.23. The van der Waals surface area contributed by atoms with Crippen LogP contribution in [0.4, 0.5) is 0 Å². The quantitative estimate of drug-likeness (QED) is 0.437. The maximum atomic E-state index is 4.20. The maximum Gasteiger partial charge on any atom is 0.191 e. The average molecular weight is 397 g/mol. The molecular weight excluding hydrogens is 373 g/mol. The Hall–Kier alpha value is -0.440. The molecule has 2 N–H and O–H groups in total. The Morgan fingerprint density at radius 2 is 2.16 bits per heavy atom. The zero-order valence-corrected chi connectivity index (χ0v) is 15.2. The van der Waals surface area contributed by atoms with Crippen molar-refractivity contribution in [2.24, 2.45) is 4.99 Å². The number of nitrogens with one attached hydrogen (secondary N) is 2. The fourth-order valence-electron chi connectivity index (χ4n) is 1.31. The van der Waals surface area contributed by atoms with Gasteiger partial charge in [0.2, 0.25) is 0 Å². The third-order valence-electron chi connectivity index (χ3n) is 2.68. The monoisotopic (exact) mass is 397 g/mol. The predicted octanol–water partition coefficient (Wildman–Crippen LogP) is 1.81. The van der Waals surface area contributed by atoms with E-state index in [-0.39, 0.29) is 28.7 Å². The fraction of sp³-hybridized carbons (Fsp3) is 0.667. The van der Waals surface area contributed by atoms with Crippen molar-refractivity contribution in [2.75, 3.05) is 26.4 Å². The van der Waals surface area contributed by atoms with Gasteiger partial charge in [0, 0.05) is 43.8 Å². The number of hydrogen-bond acceptors (Lipinski definition) is 3. The first-order valence-electron chi connectivity index (χ1n) is 6.03. The smallest absolute Gasteiger partial charge is 0.191 e. The van der Waals surface area contributed by atoms with E-state index in [9.17, 15) is 0 Å². The lowest BCUT2D eigenvalue weighted by atomic mass is 10.2. The van der Waals surface area contributed by atoms with E-state index in [1.54, 1.807) is 13.2 Å². The van der Waals surface area contributed by atoms with Crippen LogP contribution in [0.3, 0.4) is 0 Å². The Morgan fingerprint density at radius 3 is 2.68 bits per heavy atom. The molecule has 19 heavy (non-hydrogen) atoms. The van der Waals surface area contributed by atoms with Gasteiger partial charge in [-0.15, -0.1) is 24.0 Å². The third kappa shape index (κ3) is 7.66. The molecule has 0 aliphatic carbocycles. The van der Waals surface area contributed by atoms with Crippen molar-refractivity contribution in [3.8, 4) is 0 Å². The number of halogens is 1. The molecule has 5 nitrogen and oxygen atoms in total. The van der Waals surface area contributed by atoms with Crippen LogP contribution in [0.5, 0.6) is 0 Å². The van der Waals surface area contributed by atoms with Gasteiger partial charge in [-0.1, -0.05) is 0 Å². The molecule has 0 aliphatic rings. The Kier molecular flexibility index (Phi) is 9.24. The van der Waals surface area contributed by atoms with Gasteiger partial charge in [-0.3, -0.25) is 4.99 Å². The highest BCUT2D eigenvalue weighted by Crippen LogP contribution is 2.19. The van der Waals surface area contributed by atoms with Crippen molar-refractivity contribution in [1.82, 2.24) is 20.2 Å². The number of aromatic nitrogens is 2. The molecule has 0 radical (unpaired) electrons. The van der Waals surface area contributed by atoms with Crippen LogP contribution < -0.4 is 10.6 Å². The van der Waals surface area contributed by atoms with Crippen LogP contribution in [-0.4, -0.2) is 46.7 Å². The summed E-state index contributed by atoms with van der Waals surface area (Å²) in [7, 11) is 1.79. The van der Waals surface area contributed by atoms with E-state index in [0.717, 1.165) is 25.6 Å². The van der Waals surface area contributed by atoms with Crippen LogP contribution in [-0.2, 0) is 6.54 Å². The number of aliphatic imine (C=N–C) groups is 1. The van der Waals surface area contributed by atoms with Crippen LogP contribution in [0.1, 0.15) is 13.8 Å². The Bertz CT molecular complexity index is 364. The van der Waals surface area contributed by atoms with Crippen molar-refractivity contribution in [1.29, 1.82) is 0 Å². The van der Waals surface area contributed by atoms with E-state index in [1.165, 1.54) is 0 Å². The minimum Gasteiger partial charge on any atom is -0.355 e. The van der Waals surface area contributed by atoms with Gasteiger partial charge in [0.15, 0.2) is 5.96 Å². The lowest BCUT2D eigenvalue weighted by Crippen LogP contribution is -2.44. The average Bonchev–Trinajstić information content (AvgIpc) is 2.86. The Labute approximate surface area is 137 Å². The second-order valence-corrected chi connectivity index (χ2v) is 6.13. The SMILES string of the molecule is CN=C(NCCn1ccnc1)NCC(C)(C)SC.I. The van der Waals surface area contributed by atoms with Crippen LogP contribution in [0.25, 0.3) is 0 Å². The first-order valence-corrected chi connectivity index (χ1v) is 7.25. The van der Waals surface area contributed by atoms with Crippen molar-refractivity contribution < 1.29 is 0 Å². The first kappa shape index (κ1) is 18.6. The predicted molar refractivity (Wildman–Crippen MR) is 94.6 cm³/mol. The molecule has 0 atom stereocenters. The summed E-state index contributed by atoms with van der Waals surface area (Å²) in [5, 5.41) is 6.62. The summed E-state index contributed by atoms with van der Waals surface area (Å²) in [5.74, 6) is 0.845. The summed E-state index contributed by atoms with van der Waals surface area (Å²) in [6, 6.07) is 0. The molecule has 7 heteroatoms. The molecule has 110 valence electrons. The molecule has 0 aromatic carbocycles. The molecule has 0 spiro atoms. The maximum absolute atomic E-state index is 4.20. The summed E-state index contributed by atoms with van der Waals surface area (Å²) in [6.45, 7) is 7.02. The van der Waals surface area contributed by atoms with E-state index in [2.05, 4.69) is 40.7 Å². The molecule has 0 fully saturated rings. The van der Waals surface area contributed by atoms with Gasteiger partial charge in [0.1, 0.15) is 0 Å². The number of hydrogen-bond donors (Lipinski definition) is 2. The fourth-order valence-corrected chi connectivity index (χ4v) is 1.53. The minimum atomic E-state index is 0. The molecule has 1 rings (SSSR count). The molecule has 0 saturated heterocycles. The Morgan fingerprint density at radius 1 is 1.42 bits per heavy atom. The largest absolute Gasteiger partial charge is 0.355 e. The summed E-state index contributed by atoms with van der Waals surface area (Å²) in [5.41, 5.74) is 0. The van der Waals surface area contributed by atoms with Crippen molar-refractivity contribution in [3.63, 3.8) is 0 Å². The standard InChI is InChI=1S/C12H23N5S.HI/c1-12(2,18-4)9-16-11(13-3)15-6-8-17-7-5-14-10-17;/h5,7,10H,6,8-9H2,1-4H3,(H2,13,15,16);1H. The van der Waals surface area contributed by atoms with Crippen molar-refractivity contribution >= 4 is 41.7 Å². The van der Waals surface area contributed by atoms with Crippen LogP contribution in [0, 0.1) is 0 Å². The van der Waals surface area contributed by atoms with Crippen LogP contribution >= 0.6 is 35.7 Å². The number of nitrogens with zero attached hydrogens (tertiary/aromatic N) is 3. The topological polar surface area (TPSA) is 54.2 Å². The number of thioether (sulfide) groups is 1. The molecular formula is C12H24IN5S. The molecule has 0 saturated carbocycles. The highest BCUT2D eigenvalue weighted by Gasteiger charge is 2.15. The second-order valence-electron chi connectivity index (χ2n) is 4.62. The lowest BCUT2D eigenvalue weighted by molar-refractivity contribution is 0.638. The highest BCUT2D eigenvalue weighted by atomic mass is 127. The zero-order valence-electron chi connectivity index (χ0n) is 12.0. The van der Waals surface area contributed by atoms with Gasteiger partial charge in [-0.2, -0.15) is 11.8 Å². The number of imidazole rings is 1. The van der Waals surface area contributed by atoms with Gasteiger partial charge >= 0.3 is 0 Å². The normalized spacial score (nSPS) is 11.9. The van der Waals surface area contributed by atoms with Crippen LogP contribution in [0.15, 0.2) is 23.7 Å². The summed E-state index contributed by atoms with van der Waals surface area (Å²) in [4.78, 5) is 8.21. The number of guanidine groups is 1. The summed E-state index contributed by atoms with van der Waals surface area (Å²) < 4.78 is 2.24. The van der Waals surface area contributed by atoms with Gasteiger partial charge < -0.3 is 15.2 Å². The number of rotatable bonds is 6. The molecule has 0 bridgehead atoms. The van der Waals surface area contributed by atoms with E-state index < -0.39 is 0 Å². The van der Waals surface area contributed by atoms with Crippen LogP contribution in [0.2, 0.25) is 0 Å². The first-order chi connectivity index (χ1) is 8.57. The third-order valence-corrected chi connectivity index (χ3v) is 3.93. The molecule has 1 aromatic heterocycles. The second kappa shape index (κ2) is 9.46. The summed E-state index contributed by atoms with van der Waals surface area (Å²) in [6.07, 6.45) is 7.67. The van der Waals surface area contributed by atoms with Gasteiger partial charge in [0.25, 0.3) is 0 Å². The van der Waals surface area contributed by atoms with Crippen molar-refractivity contribution in [3.05, 3.63) is 18.7 Å². The van der Waals surface area contributed by atoms with E-state index in [0.29, 0.717) is 0 Å². The molecule has 0 amide bonds. The Balaban J connectivity index is 0.00000324. The summed E-state index contributed by atoms with van der Waals surface area (Å²) >= 11 is 1.84.